The van der Waals surface area contributed by atoms with Gasteiger partial charge in [0.25, 0.3) is 5.91 Å². The molecule has 0 saturated heterocycles. The van der Waals surface area contributed by atoms with E-state index in [0.717, 1.165) is 11.4 Å². The second-order valence-corrected chi connectivity index (χ2v) is 4.60. The lowest BCUT2D eigenvalue weighted by molar-refractivity contribution is 0.102. The van der Waals surface area contributed by atoms with Crippen LogP contribution in [0, 0.1) is 0 Å². The average molecular weight is 278 g/mol. The Morgan fingerprint density at radius 3 is 2.67 bits per heavy atom. The molecule has 1 amide bonds. The maximum absolute atomic E-state index is 12.2. The van der Waals surface area contributed by atoms with Crippen LogP contribution in [-0.2, 0) is 0 Å². The fourth-order valence-electron chi connectivity index (χ4n) is 1.99. The molecule has 0 aliphatic carbocycles. The smallest absolute Gasteiger partial charge is 0.255 e. The molecule has 0 aliphatic rings. The maximum Gasteiger partial charge on any atom is 0.255 e. The Hall–Kier alpha value is -3.08. The fourth-order valence-corrected chi connectivity index (χ4v) is 1.99. The van der Waals surface area contributed by atoms with E-state index in [1.165, 1.54) is 0 Å². The van der Waals surface area contributed by atoms with Crippen LogP contribution in [0.2, 0.25) is 0 Å². The molecular formula is C16H14N4O. The third-order valence-corrected chi connectivity index (χ3v) is 3.08. The first-order valence-electron chi connectivity index (χ1n) is 6.48. The molecule has 3 N–H and O–H groups in total. The number of hydrogen-bond donors (Lipinski definition) is 2. The number of nitrogens with one attached hydrogen (secondary N) is 1. The highest BCUT2D eigenvalue weighted by Crippen LogP contribution is 2.16. The first-order chi connectivity index (χ1) is 10.2. The summed E-state index contributed by atoms with van der Waals surface area (Å²) in [5.74, 6) is -0.169. The first-order valence-corrected chi connectivity index (χ1v) is 6.48. The predicted octanol–water partition coefficient (Wildman–Crippen LogP) is 2.71. The number of carbonyl (C=O) groups is 1. The quantitative estimate of drug-likeness (QED) is 0.723. The first kappa shape index (κ1) is 12.9. The van der Waals surface area contributed by atoms with Gasteiger partial charge in [0, 0.05) is 35.0 Å². The molecule has 104 valence electrons. The molecular weight excluding hydrogens is 264 g/mol. The van der Waals surface area contributed by atoms with Crippen molar-refractivity contribution < 1.29 is 4.79 Å². The van der Waals surface area contributed by atoms with Crippen LogP contribution in [0.15, 0.2) is 67.3 Å². The van der Waals surface area contributed by atoms with Gasteiger partial charge in [-0.05, 0) is 42.5 Å². The van der Waals surface area contributed by atoms with E-state index in [9.17, 15) is 4.79 Å². The zero-order valence-corrected chi connectivity index (χ0v) is 11.2. The Balaban J connectivity index is 1.80. The summed E-state index contributed by atoms with van der Waals surface area (Å²) in [6.07, 6.45) is 5.27. The zero-order valence-electron chi connectivity index (χ0n) is 11.2. The highest BCUT2D eigenvalue weighted by molar-refractivity contribution is 6.04. The van der Waals surface area contributed by atoms with Crippen molar-refractivity contribution in [1.82, 2.24) is 9.55 Å². The van der Waals surface area contributed by atoms with Gasteiger partial charge in [-0.2, -0.15) is 0 Å². The molecule has 3 rings (SSSR count). The molecule has 5 heteroatoms. The molecule has 0 atom stereocenters. The molecule has 0 bridgehead atoms. The number of amides is 1. The Morgan fingerprint density at radius 2 is 1.95 bits per heavy atom. The van der Waals surface area contributed by atoms with E-state index in [1.807, 2.05) is 35.0 Å². The van der Waals surface area contributed by atoms with Crippen molar-refractivity contribution in [2.24, 2.45) is 0 Å². The third kappa shape index (κ3) is 2.92. The SMILES string of the molecule is Nc1ccc(C(=O)Nc2cccc(-n3ccnc3)c2)cc1. The van der Waals surface area contributed by atoms with Crippen LogP contribution >= 0.6 is 0 Å². The van der Waals surface area contributed by atoms with E-state index < -0.39 is 0 Å². The van der Waals surface area contributed by atoms with Crippen molar-refractivity contribution in [1.29, 1.82) is 0 Å². The lowest BCUT2D eigenvalue weighted by Gasteiger charge is -2.08. The highest BCUT2D eigenvalue weighted by atomic mass is 16.1. The number of benzene rings is 2. The zero-order chi connectivity index (χ0) is 14.7. The molecule has 0 aliphatic heterocycles. The lowest BCUT2D eigenvalue weighted by Crippen LogP contribution is -2.12. The van der Waals surface area contributed by atoms with Gasteiger partial charge in [0.2, 0.25) is 0 Å². The monoisotopic (exact) mass is 278 g/mol. The van der Waals surface area contributed by atoms with Gasteiger partial charge in [0.1, 0.15) is 0 Å². The number of rotatable bonds is 3. The van der Waals surface area contributed by atoms with E-state index in [0.29, 0.717) is 11.3 Å². The van der Waals surface area contributed by atoms with E-state index in [2.05, 4.69) is 10.3 Å². The molecule has 0 fully saturated rings. The van der Waals surface area contributed by atoms with Crippen LogP contribution in [-0.4, -0.2) is 15.5 Å². The molecule has 0 saturated carbocycles. The van der Waals surface area contributed by atoms with Crippen molar-refractivity contribution >= 4 is 17.3 Å². The summed E-state index contributed by atoms with van der Waals surface area (Å²) in [6.45, 7) is 0. The van der Waals surface area contributed by atoms with Crippen LogP contribution in [0.25, 0.3) is 5.69 Å². The van der Waals surface area contributed by atoms with Crippen molar-refractivity contribution in [2.75, 3.05) is 11.1 Å². The van der Waals surface area contributed by atoms with Gasteiger partial charge in [-0.1, -0.05) is 6.07 Å². The second-order valence-electron chi connectivity index (χ2n) is 4.60. The van der Waals surface area contributed by atoms with Gasteiger partial charge in [-0.15, -0.1) is 0 Å². The van der Waals surface area contributed by atoms with E-state index in [1.54, 1.807) is 36.8 Å². The van der Waals surface area contributed by atoms with Crippen LogP contribution in [0.3, 0.4) is 0 Å². The minimum absolute atomic E-state index is 0.169. The van der Waals surface area contributed by atoms with Crippen LogP contribution in [0.5, 0.6) is 0 Å². The maximum atomic E-state index is 12.2. The van der Waals surface area contributed by atoms with Gasteiger partial charge >= 0.3 is 0 Å². The number of imidazole rings is 1. The second kappa shape index (κ2) is 5.50. The lowest BCUT2D eigenvalue weighted by atomic mass is 10.2. The number of anilines is 2. The van der Waals surface area contributed by atoms with Gasteiger partial charge in [0.15, 0.2) is 0 Å². The van der Waals surface area contributed by atoms with Gasteiger partial charge < -0.3 is 15.6 Å². The van der Waals surface area contributed by atoms with Crippen molar-refractivity contribution in [2.45, 2.75) is 0 Å². The molecule has 2 aromatic carbocycles. The minimum Gasteiger partial charge on any atom is -0.399 e. The summed E-state index contributed by atoms with van der Waals surface area (Å²) in [4.78, 5) is 16.2. The third-order valence-electron chi connectivity index (χ3n) is 3.08. The average Bonchev–Trinajstić information content (AvgIpc) is 3.02. The largest absolute Gasteiger partial charge is 0.399 e. The Morgan fingerprint density at radius 1 is 1.14 bits per heavy atom. The molecule has 0 unspecified atom stereocenters. The van der Waals surface area contributed by atoms with E-state index in [4.69, 9.17) is 5.73 Å². The molecule has 1 heterocycles. The Bertz CT molecular complexity index is 748. The molecule has 0 spiro atoms. The standard InChI is InChI=1S/C16H14N4O/c17-13-6-4-12(5-7-13)16(21)19-14-2-1-3-15(10-14)20-9-8-18-11-20/h1-11H,17H2,(H,19,21). The summed E-state index contributed by atoms with van der Waals surface area (Å²) in [7, 11) is 0. The van der Waals surface area contributed by atoms with Crippen LogP contribution < -0.4 is 11.1 Å². The van der Waals surface area contributed by atoms with Gasteiger partial charge in [-0.3, -0.25) is 4.79 Å². The highest BCUT2D eigenvalue weighted by Gasteiger charge is 2.06. The fraction of sp³-hybridized carbons (Fsp3) is 0. The molecule has 3 aromatic rings. The molecule has 21 heavy (non-hydrogen) atoms. The Kier molecular flexibility index (Phi) is 3.39. The molecule has 0 radical (unpaired) electrons. The topological polar surface area (TPSA) is 72.9 Å². The molecule has 5 nitrogen and oxygen atoms in total. The van der Waals surface area contributed by atoms with Gasteiger partial charge in [-0.25, -0.2) is 4.98 Å². The Labute approximate surface area is 122 Å². The van der Waals surface area contributed by atoms with E-state index in [-0.39, 0.29) is 5.91 Å². The van der Waals surface area contributed by atoms with Gasteiger partial charge in [0.05, 0.1) is 6.33 Å². The normalized spacial score (nSPS) is 10.3. The summed E-state index contributed by atoms with van der Waals surface area (Å²) in [6, 6.07) is 14.4. The van der Waals surface area contributed by atoms with Crippen molar-refractivity contribution in [3.8, 4) is 5.69 Å². The molecule has 1 aromatic heterocycles. The number of hydrogen-bond acceptors (Lipinski definition) is 3. The van der Waals surface area contributed by atoms with E-state index >= 15 is 0 Å². The number of nitrogens with zero attached hydrogens (tertiary/aromatic N) is 2. The van der Waals surface area contributed by atoms with Crippen LogP contribution in [0.1, 0.15) is 10.4 Å². The number of carbonyl (C=O) groups excluding carboxylic acids is 1. The summed E-state index contributed by atoms with van der Waals surface area (Å²) in [5.41, 5.74) is 8.47. The summed E-state index contributed by atoms with van der Waals surface area (Å²) >= 11 is 0. The van der Waals surface area contributed by atoms with Crippen LogP contribution in [0.4, 0.5) is 11.4 Å². The van der Waals surface area contributed by atoms with Crippen molar-refractivity contribution in [3.05, 3.63) is 72.8 Å². The summed E-state index contributed by atoms with van der Waals surface area (Å²) in [5, 5.41) is 2.87. The number of aromatic nitrogens is 2. The minimum atomic E-state index is -0.169. The van der Waals surface area contributed by atoms with Crippen molar-refractivity contribution in [3.63, 3.8) is 0 Å². The number of nitrogens with two attached hydrogens (primary N) is 1. The summed E-state index contributed by atoms with van der Waals surface area (Å²) < 4.78 is 1.87. The number of nitrogen functional groups attached to an aromatic ring is 1. The predicted molar refractivity (Wildman–Crippen MR) is 82.4 cm³/mol.